The highest BCUT2D eigenvalue weighted by Gasteiger charge is 2.31. The second-order valence-electron chi connectivity index (χ2n) is 6.29. The third-order valence-corrected chi connectivity index (χ3v) is 4.62. The summed E-state index contributed by atoms with van der Waals surface area (Å²) < 4.78 is 38.3. The molecule has 3 rings (SSSR count). The molecule has 0 radical (unpaired) electrons. The van der Waals surface area contributed by atoms with Crippen molar-refractivity contribution in [1.82, 2.24) is 4.90 Å². The van der Waals surface area contributed by atoms with Gasteiger partial charge in [0.2, 0.25) is 0 Å². The minimum absolute atomic E-state index is 0.0780. The molecule has 2 amide bonds. The summed E-state index contributed by atoms with van der Waals surface area (Å²) in [7, 11) is 0. The van der Waals surface area contributed by atoms with Gasteiger partial charge in [0.25, 0.3) is 0 Å². The maximum atomic E-state index is 12.8. The van der Waals surface area contributed by atoms with Gasteiger partial charge in [-0.05, 0) is 36.4 Å². The average Bonchev–Trinajstić information content (AvgIpc) is 2.67. The number of amides is 2. The number of piperazine rings is 1. The van der Waals surface area contributed by atoms with E-state index < -0.39 is 23.6 Å². The van der Waals surface area contributed by atoms with Gasteiger partial charge in [-0.1, -0.05) is 23.7 Å². The van der Waals surface area contributed by atoms with Crippen LogP contribution in [0.3, 0.4) is 0 Å². The summed E-state index contributed by atoms with van der Waals surface area (Å²) in [5.74, 6) is -1.74. The first kappa shape index (κ1) is 20.0. The molecule has 148 valence electrons. The van der Waals surface area contributed by atoms with E-state index in [1.54, 1.807) is 6.07 Å². The molecule has 28 heavy (non-hydrogen) atoms. The van der Waals surface area contributed by atoms with E-state index in [9.17, 15) is 22.8 Å². The monoisotopic (exact) mass is 411 g/mol. The van der Waals surface area contributed by atoms with Crippen molar-refractivity contribution in [1.29, 1.82) is 0 Å². The Hall–Kier alpha value is -2.74. The van der Waals surface area contributed by atoms with Gasteiger partial charge in [0.1, 0.15) is 0 Å². The molecular formula is C19H17ClF3N3O2. The Morgan fingerprint density at radius 2 is 1.64 bits per heavy atom. The number of rotatable bonds is 2. The van der Waals surface area contributed by atoms with Crippen LogP contribution in [0.25, 0.3) is 0 Å². The molecule has 2 aromatic rings. The summed E-state index contributed by atoms with van der Waals surface area (Å²) in [6.07, 6.45) is -4.53. The van der Waals surface area contributed by atoms with Crippen molar-refractivity contribution >= 4 is 34.8 Å². The third-order valence-electron chi connectivity index (χ3n) is 4.38. The van der Waals surface area contributed by atoms with Crippen molar-refractivity contribution in [3.05, 3.63) is 59.1 Å². The minimum Gasteiger partial charge on any atom is -0.368 e. The first-order valence-corrected chi connectivity index (χ1v) is 8.90. The van der Waals surface area contributed by atoms with Gasteiger partial charge in [0.15, 0.2) is 0 Å². The number of anilines is 2. The molecule has 0 atom stereocenters. The number of benzene rings is 2. The highest BCUT2D eigenvalue weighted by molar-refractivity contribution is 6.39. The predicted molar refractivity (Wildman–Crippen MR) is 100 cm³/mol. The van der Waals surface area contributed by atoms with Crippen LogP contribution in [0.1, 0.15) is 5.56 Å². The fourth-order valence-corrected chi connectivity index (χ4v) is 3.13. The lowest BCUT2D eigenvalue weighted by atomic mass is 10.2. The SMILES string of the molecule is O=C(Nc1cccc(C(F)(F)F)c1)C(=O)N1CCN(c2cccc(Cl)c2)CC1. The van der Waals surface area contributed by atoms with Gasteiger partial charge in [0, 0.05) is 42.6 Å². The van der Waals surface area contributed by atoms with E-state index in [0.29, 0.717) is 31.2 Å². The minimum atomic E-state index is -4.53. The van der Waals surface area contributed by atoms with Crippen LogP contribution in [0.15, 0.2) is 48.5 Å². The largest absolute Gasteiger partial charge is 0.416 e. The molecule has 9 heteroatoms. The smallest absolute Gasteiger partial charge is 0.368 e. The number of carbonyl (C=O) groups excluding carboxylic acids is 2. The summed E-state index contributed by atoms with van der Waals surface area (Å²) in [5, 5.41) is 2.85. The number of hydrogen-bond acceptors (Lipinski definition) is 3. The molecule has 0 unspecified atom stereocenters. The Kier molecular flexibility index (Phi) is 5.79. The zero-order valence-corrected chi connectivity index (χ0v) is 15.4. The Morgan fingerprint density at radius 3 is 2.29 bits per heavy atom. The Morgan fingerprint density at radius 1 is 0.964 bits per heavy atom. The highest BCUT2D eigenvalue weighted by Crippen LogP contribution is 2.30. The molecule has 0 bridgehead atoms. The van der Waals surface area contributed by atoms with Gasteiger partial charge in [-0.25, -0.2) is 0 Å². The van der Waals surface area contributed by atoms with Crippen molar-refractivity contribution in [3.63, 3.8) is 0 Å². The number of hydrogen-bond donors (Lipinski definition) is 1. The van der Waals surface area contributed by atoms with Gasteiger partial charge < -0.3 is 15.1 Å². The maximum Gasteiger partial charge on any atom is 0.416 e. The molecule has 5 nitrogen and oxygen atoms in total. The topological polar surface area (TPSA) is 52.7 Å². The average molecular weight is 412 g/mol. The third kappa shape index (κ3) is 4.75. The van der Waals surface area contributed by atoms with Crippen LogP contribution >= 0.6 is 11.6 Å². The zero-order chi connectivity index (χ0) is 20.3. The first-order valence-electron chi connectivity index (χ1n) is 8.52. The van der Waals surface area contributed by atoms with Crippen molar-refractivity contribution in [2.45, 2.75) is 6.18 Å². The standard InChI is InChI=1S/C19H17ClF3N3O2/c20-14-4-2-6-16(12-14)25-7-9-26(10-8-25)18(28)17(27)24-15-5-1-3-13(11-15)19(21,22)23/h1-6,11-12H,7-10H2,(H,24,27). The van der Waals surface area contributed by atoms with Gasteiger partial charge in [-0.15, -0.1) is 0 Å². The molecule has 1 saturated heterocycles. The highest BCUT2D eigenvalue weighted by atomic mass is 35.5. The lowest BCUT2D eigenvalue weighted by molar-refractivity contribution is -0.143. The second-order valence-corrected chi connectivity index (χ2v) is 6.73. The van der Waals surface area contributed by atoms with E-state index in [-0.39, 0.29) is 5.69 Å². The van der Waals surface area contributed by atoms with Crippen LogP contribution < -0.4 is 10.2 Å². The van der Waals surface area contributed by atoms with Gasteiger partial charge in [0.05, 0.1) is 5.56 Å². The van der Waals surface area contributed by atoms with Gasteiger partial charge in [-0.2, -0.15) is 13.2 Å². The Bertz CT molecular complexity index is 881. The quantitative estimate of drug-likeness (QED) is 0.767. The summed E-state index contributed by atoms with van der Waals surface area (Å²) in [4.78, 5) is 27.9. The first-order chi connectivity index (χ1) is 13.2. The van der Waals surface area contributed by atoms with Crippen LogP contribution in [0.2, 0.25) is 5.02 Å². The normalized spacial score (nSPS) is 14.7. The Labute approximate surface area is 164 Å². The molecule has 1 fully saturated rings. The fraction of sp³-hybridized carbons (Fsp3) is 0.263. The maximum absolute atomic E-state index is 12.8. The van der Waals surface area contributed by atoms with E-state index in [1.807, 2.05) is 23.1 Å². The molecule has 0 aliphatic carbocycles. The lowest BCUT2D eigenvalue weighted by Crippen LogP contribution is -2.51. The molecule has 1 aliphatic heterocycles. The zero-order valence-electron chi connectivity index (χ0n) is 14.7. The molecule has 1 N–H and O–H groups in total. The molecular weight excluding hydrogens is 395 g/mol. The second kappa shape index (κ2) is 8.10. The lowest BCUT2D eigenvalue weighted by Gasteiger charge is -2.35. The van der Waals surface area contributed by atoms with Crippen molar-refractivity contribution in [2.24, 2.45) is 0 Å². The van der Waals surface area contributed by atoms with Crippen LogP contribution in [-0.2, 0) is 15.8 Å². The predicted octanol–water partition coefficient (Wildman–Crippen LogP) is 3.65. The van der Waals surface area contributed by atoms with E-state index >= 15 is 0 Å². The number of halogens is 4. The summed E-state index contributed by atoms with van der Waals surface area (Å²) in [6.45, 7) is 1.68. The van der Waals surface area contributed by atoms with E-state index in [0.717, 1.165) is 17.8 Å². The fourth-order valence-electron chi connectivity index (χ4n) is 2.94. The van der Waals surface area contributed by atoms with Crippen LogP contribution in [0.5, 0.6) is 0 Å². The van der Waals surface area contributed by atoms with Crippen LogP contribution in [-0.4, -0.2) is 42.9 Å². The van der Waals surface area contributed by atoms with Crippen LogP contribution in [0, 0.1) is 0 Å². The number of carbonyl (C=O) groups is 2. The summed E-state index contributed by atoms with van der Waals surface area (Å²) in [5.41, 5.74) is -0.0494. The molecule has 1 heterocycles. The van der Waals surface area contributed by atoms with Gasteiger partial charge in [-0.3, -0.25) is 9.59 Å². The summed E-state index contributed by atoms with van der Waals surface area (Å²) in [6, 6.07) is 11.5. The molecule has 2 aromatic carbocycles. The van der Waals surface area contributed by atoms with E-state index in [2.05, 4.69) is 5.32 Å². The van der Waals surface area contributed by atoms with E-state index in [1.165, 1.54) is 17.0 Å². The molecule has 0 spiro atoms. The number of nitrogens with one attached hydrogen (secondary N) is 1. The number of nitrogens with zero attached hydrogens (tertiary/aromatic N) is 2. The van der Waals surface area contributed by atoms with Crippen molar-refractivity contribution < 1.29 is 22.8 Å². The molecule has 0 aromatic heterocycles. The van der Waals surface area contributed by atoms with Gasteiger partial charge >= 0.3 is 18.0 Å². The Balaban J connectivity index is 1.58. The van der Waals surface area contributed by atoms with Crippen molar-refractivity contribution in [3.8, 4) is 0 Å². The van der Waals surface area contributed by atoms with Crippen LogP contribution in [0.4, 0.5) is 24.5 Å². The number of alkyl halides is 3. The summed E-state index contributed by atoms with van der Waals surface area (Å²) >= 11 is 5.99. The van der Waals surface area contributed by atoms with E-state index in [4.69, 9.17) is 11.6 Å². The molecule has 1 aliphatic rings. The van der Waals surface area contributed by atoms with Crippen molar-refractivity contribution in [2.75, 3.05) is 36.4 Å². The molecule has 0 saturated carbocycles.